The van der Waals surface area contributed by atoms with Crippen LogP contribution in [0, 0.1) is 0 Å². The fourth-order valence-corrected chi connectivity index (χ4v) is 1.73. The van der Waals surface area contributed by atoms with Gasteiger partial charge in [-0.1, -0.05) is 5.57 Å². The first-order valence-electron chi connectivity index (χ1n) is 5.20. The quantitative estimate of drug-likeness (QED) is 0.678. The fraction of sp³-hybridized carbons (Fsp3) is 0.818. The lowest BCUT2D eigenvalue weighted by Gasteiger charge is -2.26. The van der Waals surface area contributed by atoms with Crippen LogP contribution in [-0.2, 0) is 4.74 Å². The number of hydrogen-bond donors (Lipinski definition) is 1. The van der Waals surface area contributed by atoms with Gasteiger partial charge in [0.05, 0.1) is 12.7 Å². The van der Waals surface area contributed by atoms with Gasteiger partial charge in [0.1, 0.15) is 0 Å². The summed E-state index contributed by atoms with van der Waals surface area (Å²) < 4.78 is 5.72. The van der Waals surface area contributed by atoms with E-state index in [1.165, 1.54) is 24.8 Å². The highest BCUT2D eigenvalue weighted by Gasteiger charge is 2.19. The average Bonchev–Trinajstić information content (AvgIpc) is 2.03. The lowest BCUT2D eigenvalue weighted by Crippen LogP contribution is -2.32. The SMILES string of the molecule is C=C(C)CCOC1CCCC(N)C1. The summed E-state index contributed by atoms with van der Waals surface area (Å²) in [5.74, 6) is 0. The molecule has 0 aromatic rings. The van der Waals surface area contributed by atoms with Gasteiger partial charge in [-0.2, -0.15) is 0 Å². The number of nitrogens with two attached hydrogens (primary N) is 1. The van der Waals surface area contributed by atoms with Gasteiger partial charge in [0, 0.05) is 6.04 Å². The van der Waals surface area contributed by atoms with Gasteiger partial charge in [-0.25, -0.2) is 0 Å². The summed E-state index contributed by atoms with van der Waals surface area (Å²) >= 11 is 0. The summed E-state index contributed by atoms with van der Waals surface area (Å²) in [5.41, 5.74) is 7.05. The van der Waals surface area contributed by atoms with E-state index < -0.39 is 0 Å². The lowest BCUT2D eigenvalue weighted by molar-refractivity contribution is 0.0254. The molecular formula is C11H21NO. The van der Waals surface area contributed by atoms with Gasteiger partial charge in [-0.05, 0) is 39.0 Å². The molecule has 2 nitrogen and oxygen atoms in total. The predicted molar refractivity (Wildman–Crippen MR) is 55.6 cm³/mol. The molecule has 0 bridgehead atoms. The number of hydrogen-bond acceptors (Lipinski definition) is 2. The summed E-state index contributed by atoms with van der Waals surface area (Å²) in [6.45, 7) is 6.70. The third-order valence-electron chi connectivity index (χ3n) is 2.55. The first kappa shape index (κ1) is 10.7. The zero-order valence-electron chi connectivity index (χ0n) is 8.59. The molecule has 0 amide bonds. The highest BCUT2D eigenvalue weighted by molar-refractivity contribution is 4.87. The van der Waals surface area contributed by atoms with E-state index in [-0.39, 0.29) is 0 Å². The van der Waals surface area contributed by atoms with E-state index in [9.17, 15) is 0 Å². The van der Waals surface area contributed by atoms with Gasteiger partial charge in [0.2, 0.25) is 0 Å². The molecular weight excluding hydrogens is 162 g/mol. The van der Waals surface area contributed by atoms with E-state index in [2.05, 4.69) is 6.58 Å². The second kappa shape index (κ2) is 5.40. The van der Waals surface area contributed by atoms with Crippen LogP contribution >= 0.6 is 0 Å². The summed E-state index contributed by atoms with van der Waals surface area (Å²) in [4.78, 5) is 0. The van der Waals surface area contributed by atoms with Crippen LogP contribution < -0.4 is 5.73 Å². The Morgan fingerprint density at radius 2 is 2.31 bits per heavy atom. The predicted octanol–water partition coefficient (Wildman–Crippen LogP) is 2.24. The van der Waals surface area contributed by atoms with Crippen LogP contribution in [-0.4, -0.2) is 18.8 Å². The molecule has 1 fully saturated rings. The van der Waals surface area contributed by atoms with E-state index >= 15 is 0 Å². The van der Waals surface area contributed by atoms with Crippen LogP contribution in [0.25, 0.3) is 0 Å². The van der Waals surface area contributed by atoms with Crippen molar-refractivity contribution in [3.8, 4) is 0 Å². The molecule has 2 heteroatoms. The minimum absolute atomic E-state index is 0.364. The minimum atomic E-state index is 0.364. The maximum atomic E-state index is 5.86. The maximum Gasteiger partial charge on any atom is 0.0590 e. The second-order valence-corrected chi connectivity index (χ2v) is 4.13. The molecule has 0 radical (unpaired) electrons. The van der Waals surface area contributed by atoms with Crippen LogP contribution in [0.1, 0.15) is 39.0 Å². The smallest absolute Gasteiger partial charge is 0.0590 e. The van der Waals surface area contributed by atoms with Gasteiger partial charge in [-0.3, -0.25) is 0 Å². The van der Waals surface area contributed by atoms with Crippen LogP contribution in [0.3, 0.4) is 0 Å². The van der Waals surface area contributed by atoms with Crippen molar-refractivity contribution in [3.05, 3.63) is 12.2 Å². The minimum Gasteiger partial charge on any atom is -0.378 e. The Kier molecular flexibility index (Phi) is 4.46. The molecule has 2 N–H and O–H groups in total. The molecule has 1 aliphatic carbocycles. The molecule has 0 spiro atoms. The van der Waals surface area contributed by atoms with Crippen molar-refractivity contribution < 1.29 is 4.74 Å². The molecule has 0 saturated heterocycles. The zero-order chi connectivity index (χ0) is 9.68. The van der Waals surface area contributed by atoms with Crippen molar-refractivity contribution in [3.63, 3.8) is 0 Å². The third-order valence-corrected chi connectivity index (χ3v) is 2.55. The van der Waals surface area contributed by atoms with Gasteiger partial charge in [0.25, 0.3) is 0 Å². The standard InChI is InChI=1S/C11H21NO/c1-9(2)6-7-13-11-5-3-4-10(12)8-11/h10-11H,1,3-8,12H2,2H3. The van der Waals surface area contributed by atoms with Crippen molar-refractivity contribution in [1.82, 2.24) is 0 Å². The number of ether oxygens (including phenoxy) is 1. The second-order valence-electron chi connectivity index (χ2n) is 4.13. The zero-order valence-corrected chi connectivity index (χ0v) is 8.59. The Labute approximate surface area is 81.1 Å². The molecule has 13 heavy (non-hydrogen) atoms. The monoisotopic (exact) mass is 183 g/mol. The fourth-order valence-electron chi connectivity index (χ4n) is 1.73. The van der Waals surface area contributed by atoms with E-state index in [1.54, 1.807) is 0 Å². The molecule has 0 aromatic carbocycles. The maximum absolute atomic E-state index is 5.86. The Hall–Kier alpha value is -0.340. The normalized spacial score (nSPS) is 28.8. The molecule has 0 aliphatic heterocycles. The Morgan fingerprint density at radius 1 is 1.54 bits per heavy atom. The number of rotatable bonds is 4. The molecule has 0 aromatic heterocycles. The molecule has 1 saturated carbocycles. The van der Waals surface area contributed by atoms with E-state index in [1.807, 2.05) is 6.92 Å². The molecule has 1 rings (SSSR count). The van der Waals surface area contributed by atoms with Crippen LogP contribution in [0.15, 0.2) is 12.2 Å². The van der Waals surface area contributed by atoms with E-state index in [0.717, 1.165) is 19.4 Å². The largest absolute Gasteiger partial charge is 0.378 e. The van der Waals surface area contributed by atoms with Crippen LogP contribution in [0.4, 0.5) is 0 Å². The topological polar surface area (TPSA) is 35.2 Å². The molecule has 76 valence electrons. The summed E-state index contributed by atoms with van der Waals surface area (Å²) in [7, 11) is 0. The van der Waals surface area contributed by atoms with Crippen LogP contribution in [0.2, 0.25) is 0 Å². The Balaban J connectivity index is 2.10. The summed E-state index contributed by atoms with van der Waals surface area (Å²) in [6, 6.07) is 0.364. The first-order valence-corrected chi connectivity index (χ1v) is 5.20. The Morgan fingerprint density at radius 3 is 2.92 bits per heavy atom. The highest BCUT2D eigenvalue weighted by atomic mass is 16.5. The molecule has 2 unspecified atom stereocenters. The van der Waals surface area contributed by atoms with Crippen molar-refractivity contribution in [2.24, 2.45) is 5.73 Å². The highest BCUT2D eigenvalue weighted by Crippen LogP contribution is 2.20. The third kappa shape index (κ3) is 4.44. The van der Waals surface area contributed by atoms with Crippen LogP contribution in [0.5, 0.6) is 0 Å². The molecule has 0 heterocycles. The van der Waals surface area contributed by atoms with Gasteiger partial charge >= 0.3 is 0 Å². The van der Waals surface area contributed by atoms with Crippen molar-refractivity contribution in [2.75, 3.05) is 6.61 Å². The van der Waals surface area contributed by atoms with E-state index in [0.29, 0.717) is 12.1 Å². The molecule has 1 aliphatic rings. The lowest BCUT2D eigenvalue weighted by atomic mass is 9.93. The van der Waals surface area contributed by atoms with E-state index in [4.69, 9.17) is 10.5 Å². The summed E-state index contributed by atoms with van der Waals surface area (Å²) in [6.07, 6.45) is 5.99. The van der Waals surface area contributed by atoms with Gasteiger partial charge < -0.3 is 10.5 Å². The first-order chi connectivity index (χ1) is 6.18. The average molecular weight is 183 g/mol. The van der Waals surface area contributed by atoms with Crippen molar-refractivity contribution >= 4 is 0 Å². The summed E-state index contributed by atoms with van der Waals surface area (Å²) in [5, 5.41) is 0. The van der Waals surface area contributed by atoms with Crippen molar-refractivity contribution in [1.29, 1.82) is 0 Å². The Bertz CT molecular complexity index is 167. The van der Waals surface area contributed by atoms with Gasteiger partial charge in [-0.15, -0.1) is 6.58 Å². The molecule has 2 atom stereocenters. The van der Waals surface area contributed by atoms with Gasteiger partial charge in [0.15, 0.2) is 0 Å². The van der Waals surface area contributed by atoms with Crippen molar-refractivity contribution in [2.45, 2.75) is 51.2 Å².